The van der Waals surface area contributed by atoms with Crippen LogP contribution in [0.25, 0.3) is 11.1 Å². The van der Waals surface area contributed by atoms with E-state index in [-0.39, 0.29) is 22.8 Å². The smallest absolute Gasteiger partial charge is 0.278 e. The van der Waals surface area contributed by atoms with Crippen molar-refractivity contribution < 1.29 is 19.1 Å². The fourth-order valence-corrected chi connectivity index (χ4v) is 3.15. The predicted molar refractivity (Wildman–Crippen MR) is 93.4 cm³/mol. The van der Waals surface area contributed by atoms with Gasteiger partial charge in [0.25, 0.3) is 5.56 Å². The van der Waals surface area contributed by atoms with E-state index in [1.165, 1.54) is 22.5 Å². The van der Waals surface area contributed by atoms with Gasteiger partial charge in [-0.3, -0.25) is 4.79 Å². The number of hydrogen-bond acceptors (Lipinski definition) is 5. The summed E-state index contributed by atoms with van der Waals surface area (Å²) in [6.45, 7) is 3.25. The van der Waals surface area contributed by atoms with Gasteiger partial charge in [0.2, 0.25) is 5.88 Å². The second-order valence-corrected chi connectivity index (χ2v) is 5.77. The number of fused-ring (bicyclic) bond motifs is 1. The van der Waals surface area contributed by atoms with Gasteiger partial charge in [-0.15, -0.1) is 5.92 Å². The summed E-state index contributed by atoms with van der Waals surface area (Å²) in [5.74, 6) is 4.64. The number of benzene rings is 1. The molecule has 8 heteroatoms. The van der Waals surface area contributed by atoms with Crippen LogP contribution in [-0.4, -0.2) is 46.8 Å². The molecule has 0 aliphatic carbocycles. The Labute approximate surface area is 150 Å². The molecule has 3 rings (SSSR count). The van der Waals surface area contributed by atoms with Crippen molar-refractivity contribution >= 4 is 0 Å². The second kappa shape index (κ2) is 7.23. The highest BCUT2D eigenvalue weighted by Crippen LogP contribution is 2.37. The van der Waals surface area contributed by atoms with Gasteiger partial charge in [-0.2, -0.15) is 5.06 Å². The summed E-state index contributed by atoms with van der Waals surface area (Å²) < 4.78 is 22.9. The van der Waals surface area contributed by atoms with Crippen molar-refractivity contribution in [3.05, 3.63) is 33.9 Å². The van der Waals surface area contributed by atoms with Crippen LogP contribution in [0.3, 0.4) is 0 Å². The zero-order valence-corrected chi connectivity index (χ0v) is 14.9. The molecule has 2 heterocycles. The van der Waals surface area contributed by atoms with Gasteiger partial charge < -0.3 is 14.7 Å². The Morgan fingerprint density at radius 2 is 1.81 bits per heavy atom. The first-order valence-electron chi connectivity index (χ1n) is 8.14. The van der Waals surface area contributed by atoms with Crippen LogP contribution in [0, 0.1) is 17.7 Å². The fraction of sp³-hybridized carbons (Fsp3) is 0.389. The van der Waals surface area contributed by atoms with Crippen molar-refractivity contribution in [2.45, 2.75) is 20.0 Å². The molecule has 1 aromatic heterocycles. The monoisotopic (exact) mass is 361 g/mol. The number of hydrogen-bond donors (Lipinski definition) is 1. The maximum absolute atomic E-state index is 14.8. The largest absolute Gasteiger partial charge is 0.496 e. The first kappa shape index (κ1) is 18.0. The lowest BCUT2D eigenvalue weighted by molar-refractivity contribution is -0.130. The summed E-state index contributed by atoms with van der Waals surface area (Å²) in [7, 11) is 2.93. The van der Waals surface area contributed by atoms with E-state index in [1.54, 1.807) is 25.2 Å². The van der Waals surface area contributed by atoms with Crippen LogP contribution in [0.2, 0.25) is 0 Å². The van der Waals surface area contributed by atoms with Crippen molar-refractivity contribution in [1.82, 2.24) is 14.4 Å². The molecular formula is C18H20FN3O4. The zero-order chi connectivity index (χ0) is 18.8. The summed E-state index contributed by atoms with van der Waals surface area (Å²) in [5, 5.41) is 12.3. The maximum atomic E-state index is 14.8. The molecule has 1 N–H and O–H groups in total. The third-order valence-electron chi connectivity index (χ3n) is 4.38. The zero-order valence-electron chi connectivity index (χ0n) is 14.9. The molecule has 0 amide bonds. The molecule has 0 fully saturated rings. The van der Waals surface area contributed by atoms with Crippen LogP contribution >= 0.6 is 0 Å². The third-order valence-corrected chi connectivity index (χ3v) is 4.38. The molecule has 1 aromatic carbocycles. The molecule has 0 saturated heterocycles. The van der Waals surface area contributed by atoms with Crippen LogP contribution in [0.15, 0.2) is 16.9 Å². The second-order valence-electron chi connectivity index (χ2n) is 5.77. The van der Waals surface area contributed by atoms with Crippen LogP contribution < -0.4 is 10.3 Å². The lowest BCUT2D eigenvalue weighted by Crippen LogP contribution is -2.27. The molecule has 26 heavy (non-hydrogen) atoms. The van der Waals surface area contributed by atoms with Gasteiger partial charge in [0.05, 0.1) is 32.9 Å². The number of hydroxylamine groups is 2. The van der Waals surface area contributed by atoms with Crippen molar-refractivity contribution in [2.75, 3.05) is 27.3 Å². The first-order valence-corrected chi connectivity index (χ1v) is 8.14. The van der Waals surface area contributed by atoms with Gasteiger partial charge in [-0.05, 0) is 19.1 Å². The quantitative estimate of drug-likeness (QED) is 0.838. The van der Waals surface area contributed by atoms with E-state index in [9.17, 15) is 14.3 Å². The van der Waals surface area contributed by atoms with Crippen LogP contribution in [0.1, 0.15) is 12.5 Å². The van der Waals surface area contributed by atoms with Gasteiger partial charge in [-0.25, -0.2) is 13.8 Å². The minimum atomic E-state index is -0.672. The molecule has 7 nitrogen and oxygen atoms in total. The van der Waals surface area contributed by atoms with Gasteiger partial charge in [0.15, 0.2) is 0 Å². The highest BCUT2D eigenvalue weighted by molar-refractivity contribution is 5.75. The van der Waals surface area contributed by atoms with E-state index < -0.39 is 11.4 Å². The number of methoxy groups -OCH3 is 1. The predicted octanol–water partition coefficient (Wildman–Crippen LogP) is 1.42. The summed E-state index contributed by atoms with van der Waals surface area (Å²) in [4.78, 5) is 18.1. The average molecular weight is 361 g/mol. The molecule has 138 valence electrons. The number of aromatic hydroxyl groups is 1. The molecule has 1 aliphatic heterocycles. The van der Waals surface area contributed by atoms with Crippen molar-refractivity contribution in [3.63, 3.8) is 0 Å². The van der Waals surface area contributed by atoms with Crippen LogP contribution in [0.4, 0.5) is 4.39 Å². The van der Waals surface area contributed by atoms with Crippen LogP contribution in [-0.2, 0) is 17.9 Å². The summed E-state index contributed by atoms with van der Waals surface area (Å²) in [6, 6.07) is 2.78. The minimum Gasteiger partial charge on any atom is -0.496 e. The number of nitrogens with zero attached hydrogens (tertiary/aromatic N) is 3. The van der Waals surface area contributed by atoms with E-state index in [1.807, 2.05) is 0 Å². The standard InChI is InChI=1S/C18H20FN3O4/c1-4-5-12-10-13(19)15(14(11-12)25-2)16-17(23)21-8-6-20(26-3)7-9-22(21)18(16)24/h10-11,23H,6-9H2,1-3H3. The van der Waals surface area contributed by atoms with Crippen molar-refractivity contribution in [2.24, 2.45) is 0 Å². The van der Waals surface area contributed by atoms with Gasteiger partial charge >= 0.3 is 0 Å². The van der Waals surface area contributed by atoms with E-state index in [4.69, 9.17) is 9.57 Å². The molecule has 0 saturated carbocycles. The summed E-state index contributed by atoms with van der Waals surface area (Å²) >= 11 is 0. The first-order chi connectivity index (χ1) is 12.5. The van der Waals surface area contributed by atoms with E-state index in [0.29, 0.717) is 31.7 Å². The Kier molecular flexibility index (Phi) is 5.02. The Morgan fingerprint density at radius 3 is 2.42 bits per heavy atom. The molecule has 0 radical (unpaired) electrons. The number of aromatic nitrogens is 2. The minimum absolute atomic E-state index is 0.0617. The number of ether oxygens (including phenoxy) is 1. The number of rotatable bonds is 3. The number of halogens is 1. The lowest BCUT2D eigenvalue weighted by Gasteiger charge is -2.15. The summed E-state index contributed by atoms with van der Waals surface area (Å²) in [5.41, 5.74) is -0.219. The molecule has 2 aromatic rings. The molecule has 0 atom stereocenters. The van der Waals surface area contributed by atoms with E-state index in [0.717, 1.165) is 0 Å². The van der Waals surface area contributed by atoms with Crippen LogP contribution in [0.5, 0.6) is 11.6 Å². The SMILES string of the molecule is CC#Cc1cc(F)c(-c2c(O)n3n(c2=O)CCN(OC)CC3)c(OC)c1. The highest BCUT2D eigenvalue weighted by atomic mass is 19.1. The molecule has 0 unspecified atom stereocenters. The Morgan fingerprint density at radius 1 is 1.12 bits per heavy atom. The molecule has 0 bridgehead atoms. The molecule has 0 spiro atoms. The Bertz CT molecular complexity index is 952. The maximum Gasteiger partial charge on any atom is 0.278 e. The Balaban J connectivity index is 2.18. The van der Waals surface area contributed by atoms with Gasteiger partial charge in [0.1, 0.15) is 17.1 Å². The molecular weight excluding hydrogens is 341 g/mol. The fourth-order valence-electron chi connectivity index (χ4n) is 3.15. The van der Waals surface area contributed by atoms with Gasteiger partial charge in [0, 0.05) is 18.7 Å². The molecule has 1 aliphatic rings. The van der Waals surface area contributed by atoms with E-state index in [2.05, 4.69) is 11.8 Å². The average Bonchev–Trinajstić information content (AvgIpc) is 2.79. The lowest BCUT2D eigenvalue weighted by atomic mass is 10.0. The van der Waals surface area contributed by atoms with E-state index >= 15 is 0 Å². The third kappa shape index (κ3) is 2.96. The van der Waals surface area contributed by atoms with Crippen molar-refractivity contribution in [3.8, 4) is 34.6 Å². The summed E-state index contributed by atoms with van der Waals surface area (Å²) in [6.07, 6.45) is 0. The van der Waals surface area contributed by atoms with Gasteiger partial charge in [-0.1, -0.05) is 5.92 Å². The normalized spacial score (nSPS) is 14.3. The van der Waals surface area contributed by atoms with Crippen molar-refractivity contribution in [1.29, 1.82) is 0 Å². The topological polar surface area (TPSA) is 68.9 Å². The Hall–Kier alpha value is -2.76. The highest BCUT2D eigenvalue weighted by Gasteiger charge is 2.28.